The van der Waals surface area contributed by atoms with Crippen LogP contribution in [-0.4, -0.2) is 27.6 Å². The zero-order valence-corrected chi connectivity index (χ0v) is 14.0. The van der Waals surface area contributed by atoms with Gasteiger partial charge in [-0.1, -0.05) is 23.9 Å². The average Bonchev–Trinajstić information content (AvgIpc) is 2.57. The normalized spacial score (nSPS) is 10.2. The molecule has 0 aliphatic rings. The Labute approximate surface area is 142 Å². The lowest BCUT2D eigenvalue weighted by atomic mass is 10.1. The number of nitrogens with one attached hydrogen (secondary N) is 1. The SMILES string of the molecule is CSc1nc(-c2cccc(NC(=O)CCl)c2)c(C#N)c(=O)n1C. The van der Waals surface area contributed by atoms with Crippen molar-refractivity contribution in [1.29, 1.82) is 5.26 Å². The molecule has 0 radical (unpaired) electrons. The number of rotatable bonds is 4. The van der Waals surface area contributed by atoms with Gasteiger partial charge in [-0.2, -0.15) is 5.26 Å². The van der Waals surface area contributed by atoms with Crippen LogP contribution in [0, 0.1) is 11.3 Å². The van der Waals surface area contributed by atoms with E-state index in [0.717, 1.165) is 0 Å². The van der Waals surface area contributed by atoms with E-state index in [-0.39, 0.29) is 17.4 Å². The minimum atomic E-state index is -0.406. The van der Waals surface area contributed by atoms with Crippen molar-refractivity contribution in [3.63, 3.8) is 0 Å². The molecule has 2 rings (SSSR count). The van der Waals surface area contributed by atoms with Gasteiger partial charge in [-0.05, 0) is 18.4 Å². The first-order valence-electron chi connectivity index (χ1n) is 6.53. The van der Waals surface area contributed by atoms with Crippen molar-refractivity contribution < 1.29 is 4.79 Å². The summed E-state index contributed by atoms with van der Waals surface area (Å²) in [6.45, 7) is 0. The van der Waals surface area contributed by atoms with Crippen LogP contribution in [-0.2, 0) is 11.8 Å². The van der Waals surface area contributed by atoms with E-state index in [1.165, 1.54) is 16.3 Å². The molecule has 1 amide bonds. The fourth-order valence-electron chi connectivity index (χ4n) is 2.01. The Kier molecular flexibility index (Phi) is 5.42. The number of thioether (sulfide) groups is 1. The maximum atomic E-state index is 12.3. The van der Waals surface area contributed by atoms with Gasteiger partial charge in [-0.15, -0.1) is 11.6 Å². The fourth-order valence-corrected chi connectivity index (χ4v) is 2.62. The van der Waals surface area contributed by atoms with Crippen LogP contribution in [0.15, 0.2) is 34.2 Å². The highest BCUT2D eigenvalue weighted by Gasteiger charge is 2.16. The Morgan fingerprint density at radius 1 is 1.52 bits per heavy atom. The zero-order valence-electron chi connectivity index (χ0n) is 12.5. The fraction of sp³-hybridized carbons (Fsp3) is 0.200. The summed E-state index contributed by atoms with van der Waals surface area (Å²) in [5.74, 6) is -0.500. The number of alkyl halides is 1. The Morgan fingerprint density at radius 2 is 2.26 bits per heavy atom. The van der Waals surface area contributed by atoms with Crippen LogP contribution >= 0.6 is 23.4 Å². The van der Waals surface area contributed by atoms with Crippen molar-refractivity contribution in [2.75, 3.05) is 17.5 Å². The van der Waals surface area contributed by atoms with Crippen molar-refractivity contribution in [3.05, 3.63) is 40.2 Å². The number of nitrogens with zero attached hydrogens (tertiary/aromatic N) is 3. The zero-order chi connectivity index (χ0) is 17.0. The average molecular weight is 349 g/mol. The number of carbonyl (C=O) groups excluding carboxylic acids is 1. The van der Waals surface area contributed by atoms with Gasteiger partial charge in [-0.3, -0.25) is 14.2 Å². The number of halogens is 1. The third-order valence-electron chi connectivity index (χ3n) is 3.09. The van der Waals surface area contributed by atoms with Gasteiger partial charge >= 0.3 is 0 Å². The quantitative estimate of drug-likeness (QED) is 0.520. The van der Waals surface area contributed by atoms with Crippen molar-refractivity contribution in [2.24, 2.45) is 7.05 Å². The van der Waals surface area contributed by atoms with Crippen LogP contribution < -0.4 is 10.9 Å². The van der Waals surface area contributed by atoms with Gasteiger partial charge in [0.25, 0.3) is 5.56 Å². The lowest BCUT2D eigenvalue weighted by molar-refractivity contribution is -0.113. The van der Waals surface area contributed by atoms with Gasteiger partial charge in [0.2, 0.25) is 5.91 Å². The summed E-state index contributed by atoms with van der Waals surface area (Å²) in [6.07, 6.45) is 1.80. The molecule has 23 heavy (non-hydrogen) atoms. The highest BCUT2D eigenvalue weighted by atomic mass is 35.5. The first kappa shape index (κ1) is 17.1. The summed E-state index contributed by atoms with van der Waals surface area (Å²) in [6, 6.07) is 8.69. The number of hydrogen-bond donors (Lipinski definition) is 1. The molecule has 1 aromatic carbocycles. The van der Waals surface area contributed by atoms with Crippen LogP contribution in [0.2, 0.25) is 0 Å². The summed E-state index contributed by atoms with van der Waals surface area (Å²) < 4.78 is 1.34. The number of aromatic nitrogens is 2. The molecule has 0 atom stereocenters. The smallest absolute Gasteiger partial charge is 0.272 e. The summed E-state index contributed by atoms with van der Waals surface area (Å²) in [5.41, 5.74) is 0.942. The molecule has 0 saturated carbocycles. The second-order valence-electron chi connectivity index (χ2n) is 4.56. The maximum Gasteiger partial charge on any atom is 0.272 e. The number of nitriles is 1. The minimum absolute atomic E-state index is 0.0360. The molecule has 118 valence electrons. The molecule has 0 spiro atoms. The van der Waals surface area contributed by atoms with E-state index in [1.807, 2.05) is 6.07 Å². The lowest BCUT2D eigenvalue weighted by Gasteiger charge is -2.11. The molecule has 0 aliphatic heterocycles. The number of amides is 1. The third kappa shape index (κ3) is 3.55. The summed E-state index contributed by atoms with van der Waals surface area (Å²) >= 11 is 6.78. The van der Waals surface area contributed by atoms with Crippen molar-refractivity contribution in [2.45, 2.75) is 5.16 Å². The second kappa shape index (κ2) is 7.31. The minimum Gasteiger partial charge on any atom is -0.325 e. The topological polar surface area (TPSA) is 87.8 Å². The van der Waals surface area contributed by atoms with E-state index in [2.05, 4.69) is 10.3 Å². The molecule has 0 unspecified atom stereocenters. The van der Waals surface area contributed by atoms with Crippen molar-refractivity contribution >= 4 is 35.0 Å². The van der Waals surface area contributed by atoms with Gasteiger partial charge in [-0.25, -0.2) is 4.98 Å². The Bertz CT molecular complexity index is 858. The standard InChI is InChI=1S/C15H13ClN4O2S/c1-20-14(22)11(8-17)13(19-15(20)23-2)9-4-3-5-10(6-9)18-12(21)7-16/h3-6H,7H2,1-2H3,(H,18,21). The maximum absolute atomic E-state index is 12.3. The van der Waals surface area contributed by atoms with Gasteiger partial charge in [0, 0.05) is 18.3 Å². The van der Waals surface area contributed by atoms with Crippen LogP contribution in [0.5, 0.6) is 0 Å². The second-order valence-corrected chi connectivity index (χ2v) is 5.60. The number of benzene rings is 1. The lowest BCUT2D eigenvalue weighted by Crippen LogP contribution is -2.23. The summed E-state index contributed by atoms with van der Waals surface area (Å²) in [4.78, 5) is 28.1. The molecule has 2 aromatic rings. The molecule has 6 nitrogen and oxygen atoms in total. The largest absolute Gasteiger partial charge is 0.325 e. The highest BCUT2D eigenvalue weighted by Crippen LogP contribution is 2.24. The number of carbonyl (C=O) groups is 1. The van der Waals surface area contributed by atoms with E-state index in [4.69, 9.17) is 11.6 Å². The molecule has 8 heteroatoms. The molecule has 1 aromatic heterocycles. The van der Waals surface area contributed by atoms with Crippen molar-refractivity contribution in [1.82, 2.24) is 9.55 Å². The predicted octanol–water partition coefficient (Wildman–Crippen LogP) is 2.22. The van der Waals surface area contributed by atoms with Crippen molar-refractivity contribution in [3.8, 4) is 17.3 Å². The molecule has 0 saturated heterocycles. The van der Waals surface area contributed by atoms with Gasteiger partial charge < -0.3 is 5.32 Å². The van der Waals surface area contributed by atoms with Crippen LogP contribution in [0.1, 0.15) is 5.56 Å². The Morgan fingerprint density at radius 3 is 2.87 bits per heavy atom. The molecular weight excluding hydrogens is 336 g/mol. The third-order valence-corrected chi connectivity index (χ3v) is 4.06. The van der Waals surface area contributed by atoms with E-state index in [9.17, 15) is 14.9 Å². The van der Waals surface area contributed by atoms with Crippen LogP contribution in [0.4, 0.5) is 5.69 Å². The Balaban J connectivity index is 2.61. The number of anilines is 1. The first-order chi connectivity index (χ1) is 11.0. The molecule has 0 aliphatic carbocycles. The predicted molar refractivity (Wildman–Crippen MR) is 90.8 cm³/mol. The molecule has 0 bridgehead atoms. The molecule has 1 N–H and O–H groups in total. The number of hydrogen-bond acceptors (Lipinski definition) is 5. The van der Waals surface area contributed by atoms with E-state index in [1.54, 1.807) is 37.6 Å². The van der Waals surface area contributed by atoms with Crippen LogP contribution in [0.25, 0.3) is 11.3 Å². The molecular formula is C15H13ClN4O2S. The molecule has 1 heterocycles. The van der Waals surface area contributed by atoms with Crippen LogP contribution in [0.3, 0.4) is 0 Å². The summed E-state index contributed by atoms with van der Waals surface area (Å²) in [7, 11) is 1.57. The summed E-state index contributed by atoms with van der Waals surface area (Å²) in [5, 5.41) is 12.4. The Hall–Kier alpha value is -2.30. The van der Waals surface area contributed by atoms with Gasteiger partial charge in [0.15, 0.2) is 5.16 Å². The van der Waals surface area contributed by atoms with Gasteiger partial charge in [0.1, 0.15) is 17.5 Å². The molecule has 0 fully saturated rings. The first-order valence-corrected chi connectivity index (χ1v) is 8.29. The van der Waals surface area contributed by atoms with E-state index >= 15 is 0 Å². The van der Waals surface area contributed by atoms with Gasteiger partial charge in [0.05, 0.1) is 5.69 Å². The van der Waals surface area contributed by atoms with E-state index in [0.29, 0.717) is 22.1 Å². The highest BCUT2D eigenvalue weighted by molar-refractivity contribution is 7.98. The van der Waals surface area contributed by atoms with E-state index < -0.39 is 5.56 Å². The monoisotopic (exact) mass is 348 g/mol.